The van der Waals surface area contributed by atoms with Crippen LogP contribution in [-0.4, -0.2) is 34.4 Å². The van der Waals surface area contributed by atoms with Gasteiger partial charge in [-0.25, -0.2) is 0 Å². The number of fused-ring (bicyclic) bond motifs is 1. The minimum atomic E-state index is 0.0185. The van der Waals surface area contributed by atoms with E-state index in [1.165, 1.54) is 0 Å². The maximum atomic E-state index is 12.1. The van der Waals surface area contributed by atoms with Crippen LogP contribution in [0.15, 0.2) is 53.7 Å². The molecule has 0 spiro atoms. The van der Waals surface area contributed by atoms with Gasteiger partial charge in [-0.3, -0.25) is 14.5 Å². The molecule has 0 atom stereocenters. The molecule has 0 fully saturated rings. The van der Waals surface area contributed by atoms with Crippen LogP contribution in [0.1, 0.15) is 15.9 Å². The molecule has 6 heteroatoms. The highest BCUT2D eigenvalue weighted by atomic mass is 35.5. The Labute approximate surface area is 156 Å². The second-order valence-electron chi connectivity index (χ2n) is 6.19. The average Bonchev–Trinajstić information content (AvgIpc) is 3.03. The van der Waals surface area contributed by atoms with Crippen molar-refractivity contribution < 1.29 is 4.79 Å². The molecule has 5 nitrogen and oxygen atoms in total. The summed E-state index contributed by atoms with van der Waals surface area (Å²) in [6.07, 6.45) is 1.82. The fourth-order valence-electron chi connectivity index (χ4n) is 3.33. The van der Waals surface area contributed by atoms with Gasteiger partial charge in [-0.1, -0.05) is 35.9 Å². The van der Waals surface area contributed by atoms with Gasteiger partial charge in [0.05, 0.1) is 17.6 Å². The van der Waals surface area contributed by atoms with Crippen LogP contribution >= 0.6 is 11.6 Å². The number of carbonyl (C=O) groups excluding carboxylic acids is 1. The Kier molecular flexibility index (Phi) is 4.18. The first-order valence-electron chi connectivity index (χ1n) is 8.28. The molecule has 3 aromatic rings. The zero-order chi connectivity index (χ0) is 18.3. The summed E-state index contributed by atoms with van der Waals surface area (Å²) in [6.45, 7) is 0.470. The maximum absolute atomic E-state index is 12.1. The third-order valence-corrected chi connectivity index (χ3v) is 4.82. The van der Waals surface area contributed by atoms with Crippen LogP contribution < -0.4 is 5.73 Å². The second kappa shape index (κ2) is 6.52. The van der Waals surface area contributed by atoms with E-state index in [0.29, 0.717) is 17.1 Å². The predicted octanol–water partition coefficient (Wildman–Crippen LogP) is 3.35. The lowest BCUT2D eigenvalue weighted by molar-refractivity contribution is 0.1000. The van der Waals surface area contributed by atoms with Crippen LogP contribution in [0.25, 0.3) is 22.4 Å². The van der Waals surface area contributed by atoms with Gasteiger partial charge in [-0.15, -0.1) is 0 Å². The summed E-state index contributed by atoms with van der Waals surface area (Å²) in [5, 5.41) is 5.09. The van der Waals surface area contributed by atoms with Crippen molar-refractivity contribution in [3.63, 3.8) is 0 Å². The standard InChI is InChI=1S/C20H17ClN4O/c1-25-20(13-3-2-4-14(21)7-13)17(10-24-25)12-5-6-15-16(8-12)18(9-22)23-11-19(15)26/h2-8,10H,9,11,22H2,1H3. The summed E-state index contributed by atoms with van der Waals surface area (Å²) in [5.41, 5.74) is 11.9. The maximum Gasteiger partial charge on any atom is 0.184 e. The molecule has 0 saturated carbocycles. The fraction of sp³-hybridized carbons (Fsp3) is 0.150. The summed E-state index contributed by atoms with van der Waals surface area (Å²) in [5.74, 6) is 0.0185. The van der Waals surface area contributed by atoms with Crippen LogP contribution in [-0.2, 0) is 7.05 Å². The molecule has 0 bridgehead atoms. The smallest absolute Gasteiger partial charge is 0.184 e. The van der Waals surface area contributed by atoms with E-state index in [9.17, 15) is 4.79 Å². The van der Waals surface area contributed by atoms with Crippen molar-refractivity contribution in [1.82, 2.24) is 9.78 Å². The van der Waals surface area contributed by atoms with Gasteiger partial charge < -0.3 is 5.73 Å². The largest absolute Gasteiger partial charge is 0.325 e. The molecule has 1 aliphatic heterocycles. The Morgan fingerprint density at radius 3 is 2.73 bits per heavy atom. The predicted molar refractivity (Wildman–Crippen MR) is 104 cm³/mol. The molecule has 130 valence electrons. The van der Waals surface area contributed by atoms with E-state index in [0.717, 1.165) is 33.7 Å². The van der Waals surface area contributed by atoms with Gasteiger partial charge in [0, 0.05) is 40.9 Å². The molecular formula is C20H17ClN4O. The average molecular weight is 365 g/mol. The molecule has 0 saturated heterocycles. The van der Waals surface area contributed by atoms with E-state index in [4.69, 9.17) is 17.3 Å². The van der Waals surface area contributed by atoms with Crippen molar-refractivity contribution in [1.29, 1.82) is 0 Å². The highest BCUT2D eigenvalue weighted by Gasteiger charge is 2.21. The first kappa shape index (κ1) is 16.7. The Morgan fingerprint density at radius 1 is 1.12 bits per heavy atom. The molecular weight excluding hydrogens is 348 g/mol. The van der Waals surface area contributed by atoms with Gasteiger partial charge in [-0.2, -0.15) is 5.10 Å². The van der Waals surface area contributed by atoms with Crippen LogP contribution in [0.2, 0.25) is 5.02 Å². The number of halogens is 1. The number of rotatable bonds is 3. The number of hydrogen-bond donors (Lipinski definition) is 1. The van der Waals surface area contributed by atoms with Gasteiger partial charge in [0.25, 0.3) is 0 Å². The van der Waals surface area contributed by atoms with Gasteiger partial charge in [-0.05, 0) is 23.8 Å². The van der Waals surface area contributed by atoms with Crippen LogP contribution in [0.3, 0.4) is 0 Å². The molecule has 2 N–H and O–H groups in total. The van der Waals surface area contributed by atoms with Crippen molar-refractivity contribution in [2.75, 3.05) is 13.1 Å². The third-order valence-electron chi connectivity index (χ3n) is 4.59. The number of aryl methyl sites for hydroxylation is 1. The number of benzene rings is 2. The van der Waals surface area contributed by atoms with Gasteiger partial charge in [0.15, 0.2) is 5.78 Å². The third kappa shape index (κ3) is 2.75. The fourth-order valence-corrected chi connectivity index (χ4v) is 3.52. The number of aromatic nitrogens is 2. The molecule has 0 radical (unpaired) electrons. The van der Waals surface area contributed by atoms with E-state index in [2.05, 4.69) is 10.1 Å². The van der Waals surface area contributed by atoms with Crippen LogP contribution in [0.4, 0.5) is 0 Å². The first-order valence-corrected chi connectivity index (χ1v) is 8.65. The van der Waals surface area contributed by atoms with E-state index in [1.54, 1.807) is 0 Å². The molecule has 1 aliphatic rings. The molecule has 2 aromatic carbocycles. The summed E-state index contributed by atoms with van der Waals surface area (Å²) in [6, 6.07) is 13.4. The zero-order valence-corrected chi connectivity index (χ0v) is 15.0. The quantitative estimate of drug-likeness (QED) is 0.774. The number of aliphatic imine (C=N–C) groups is 1. The normalized spacial score (nSPS) is 13.5. The molecule has 2 heterocycles. The number of ketones is 1. The minimum Gasteiger partial charge on any atom is -0.325 e. The number of Topliss-reactive ketones (excluding diaryl/α,β-unsaturated/α-hetero) is 1. The summed E-state index contributed by atoms with van der Waals surface area (Å²) in [4.78, 5) is 16.5. The summed E-state index contributed by atoms with van der Waals surface area (Å²) >= 11 is 6.16. The Hall–Kier alpha value is -2.76. The van der Waals surface area contributed by atoms with Crippen molar-refractivity contribution in [2.24, 2.45) is 17.8 Å². The van der Waals surface area contributed by atoms with Crippen molar-refractivity contribution >= 4 is 23.1 Å². The summed E-state index contributed by atoms with van der Waals surface area (Å²) in [7, 11) is 1.90. The molecule has 1 aromatic heterocycles. The van der Waals surface area contributed by atoms with E-state index in [-0.39, 0.29) is 12.3 Å². The van der Waals surface area contributed by atoms with E-state index in [1.807, 2.05) is 60.4 Å². The molecule has 26 heavy (non-hydrogen) atoms. The zero-order valence-electron chi connectivity index (χ0n) is 14.2. The Bertz CT molecular complexity index is 1050. The van der Waals surface area contributed by atoms with Crippen LogP contribution in [0, 0.1) is 0 Å². The van der Waals surface area contributed by atoms with Crippen molar-refractivity contribution in [3.8, 4) is 22.4 Å². The molecule has 0 aliphatic carbocycles. The lowest BCUT2D eigenvalue weighted by Crippen LogP contribution is -2.24. The highest BCUT2D eigenvalue weighted by molar-refractivity contribution is 6.30. The van der Waals surface area contributed by atoms with Gasteiger partial charge in [0.1, 0.15) is 6.54 Å². The lowest BCUT2D eigenvalue weighted by atomic mass is 9.92. The number of carbonyl (C=O) groups is 1. The summed E-state index contributed by atoms with van der Waals surface area (Å²) < 4.78 is 1.82. The monoisotopic (exact) mass is 364 g/mol. The van der Waals surface area contributed by atoms with E-state index >= 15 is 0 Å². The van der Waals surface area contributed by atoms with Crippen LogP contribution in [0.5, 0.6) is 0 Å². The van der Waals surface area contributed by atoms with Crippen molar-refractivity contribution in [2.45, 2.75) is 0 Å². The molecule has 0 unspecified atom stereocenters. The number of nitrogens with zero attached hydrogens (tertiary/aromatic N) is 3. The first-order chi connectivity index (χ1) is 12.6. The van der Waals surface area contributed by atoms with Gasteiger partial charge in [0.2, 0.25) is 0 Å². The Morgan fingerprint density at radius 2 is 1.96 bits per heavy atom. The van der Waals surface area contributed by atoms with E-state index < -0.39 is 0 Å². The lowest BCUT2D eigenvalue weighted by Gasteiger charge is -2.16. The second-order valence-corrected chi connectivity index (χ2v) is 6.63. The van der Waals surface area contributed by atoms with Crippen molar-refractivity contribution in [3.05, 3.63) is 64.8 Å². The number of hydrogen-bond acceptors (Lipinski definition) is 4. The van der Waals surface area contributed by atoms with Gasteiger partial charge >= 0.3 is 0 Å². The SMILES string of the molecule is Cn1ncc(-c2ccc3c(c2)C(CN)=NCC3=O)c1-c1cccc(Cl)c1. The topological polar surface area (TPSA) is 73.3 Å². The number of nitrogens with two attached hydrogens (primary N) is 1. The molecule has 0 amide bonds. The molecule has 4 rings (SSSR count). The highest BCUT2D eigenvalue weighted by Crippen LogP contribution is 2.34. The minimum absolute atomic E-state index is 0.0185. The Balaban J connectivity index is 1.88.